The Morgan fingerprint density at radius 3 is 2.30 bits per heavy atom. The van der Waals surface area contributed by atoms with Gasteiger partial charge in [0.05, 0.1) is 10.0 Å². The van der Waals surface area contributed by atoms with Gasteiger partial charge in [0.1, 0.15) is 6.54 Å². The molecule has 0 aromatic heterocycles. The topological polar surface area (TPSA) is 114 Å². The van der Waals surface area contributed by atoms with Gasteiger partial charge < -0.3 is 20.7 Å². The number of hydrogen-bond acceptors (Lipinski definition) is 5. The summed E-state index contributed by atoms with van der Waals surface area (Å²) in [6, 6.07) is 10.6. The van der Waals surface area contributed by atoms with Crippen molar-refractivity contribution in [2.45, 2.75) is 6.92 Å². The van der Waals surface area contributed by atoms with Crippen LogP contribution in [0.4, 0.5) is 5.69 Å². The molecular weight excluding hydrogens is 433 g/mol. The lowest BCUT2D eigenvalue weighted by molar-refractivity contribution is -0.146. The zero-order valence-electron chi connectivity index (χ0n) is 16.0. The van der Waals surface area contributed by atoms with E-state index in [1.165, 1.54) is 24.3 Å². The van der Waals surface area contributed by atoms with Crippen LogP contribution >= 0.6 is 23.2 Å². The van der Waals surface area contributed by atoms with E-state index < -0.39 is 30.9 Å². The predicted octanol–water partition coefficient (Wildman–Crippen LogP) is 2.65. The van der Waals surface area contributed by atoms with E-state index in [-0.39, 0.29) is 16.5 Å². The molecule has 8 nitrogen and oxygen atoms in total. The third-order valence-corrected chi connectivity index (χ3v) is 4.42. The molecule has 0 heterocycles. The minimum Gasteiger partial charge on any atom is -0.454 e. The highest BCUT2D eigenvalue weighted by Crippen LogP contribution is 2.22. The molecule has 0 aliphatic rings. The Bertz CT molecular complexity index is 965. The first kappa shape index (κ1) is 23.2. The molecule has 0 saturated heterocycles. The van der Waals surface area contributed by atoms with Crippen LogP contribution in [0.25, 0.3) is 0 Å². The average molecular weight is 452 g/mol. The lowest BCUT2D eigenvalue weighted by Gasteiger charge is -2.09. The maximum Gasteiger partial charge on any atom is 0.325 e. The quantitative estimate of drug-likeness (QED) is 0.533. The Morgan fingerprint density at radius 2 is 1.60 bits per heavy atom. The molecule has 0 unspecified atom stereocenters. The summed E-state index contributed by atoms with van der Waals surface area (Å²) < 4.78 is 4.83. The number of rotatable bonds is 8. The van der Waals surface area contributed by atoms with E-state index >= 15 is 0 Å². The van der Waals surface area contributed by atoms with Crippen LogP contribution in [0.3, 0.4) is 0 Å². The average Bonchev–Trinajstić information content (AvgIpc) is 2.72. The van der Waals surface area contributed by atoms with Crippen LogP contribution in [0.2, 0.25) is 10.0 Å². The highest BCUT2D eigenvalue weighted by atomic mass is 35.5. The highest BCUT2D eigenvalue weighted by molar-refractivity contribution is 6.42. The minimum atomic E-state index is -0.797. The molecule has 0 bridgehead atoms. The highest BCUT2D eigenvalue weighted by Gasteiger charge is 2.13. The third kappa shape index (κ3) is 7.06. The Balaban J connectivity index is 1.78. The largest absolute Gasteiger partial charge is 0.454 e. The van der Waals surface area contributed by atoms with Crippen LogP contribution in [-0.4, -0.2) is 43.4 Å². The molecule has 0 fully saturated rings. The van der Waals surface area contributed by atoms with Gasteiger partial charge in [0.15, 0.2) is 6.61 Å². The molecule has 0 atom stereocenters. The number of nitrogens with one attached hydrogen (secondary N) is 3. The first-order valence-electron chi connectivity index (χ1n) is 8.87. The number of esters is 1. The van der Waals surface area contributed by atoms with Gasteiger partial charge in [-0.05, 0) is 43.3 Å². The molecule has 3 N–H and O–H groups in total. The standard InChI is InChI=1S/C20H19Cl2N3O5/c1-2-23-19(28)12-4-3-5-14(8-12)25-17(26)11-30-18(27)10-24-20(29)13-6-7-15(21)16(22)9-13/h3-9H,2,10-11H2,1H3,(H,23,28)(H,24,29)(H,25,26). The maximum atomic E-state index is 12.0. The molecule has 30 heavy (non-hydrogen) atoms. The molecule has 0 spiro atoms. The Hall–Kier alpha value is -3.10. The van der Waals surface area contributed by atoms with Crippen LogP contribution in [0, 0.1) is 0 Å². The van der Waals surface area contributed by atoms with E-state index in [2.05, 4.69) is 16.0 Å². The molecule has 2 aromatic rings. The molecule has 0 aliphatic carbocycles. The van der Waals surface area contributed by atoms with Crippen LogP contribution in [0.1, 0.15) is 27.6 Å². The Morgan fingerprint density at radius 1 is 0.900 bits per heavy atom. The number of amides is 3. The summed E-state index contributed by atoms with van der Waals surface area (Å²) in [5, 5.41) is 8.05. The van der Waals surface area contributed by atoms with E-state index in [0.717, 1.165) is 0 Å². The van der Waals surface area contributed by atoms with Gasteiger partial charge >= 0.3 is 5.97 Å². The van der Waals surface area contributed by atoms with Crippen molar-refractivity contribution in [3.8, 4) is 0 Å². The third-order valence-electron chi connectivity index (χ3n) is 3.69. The molecule has 0 aliphatic heterocycles. The Kier molecular flexibility index (Phi) is 8.64. The number of halogens is 2. The maximum absolute atomic E-state index is 12.0. The Labute approximate surface area is 182 Å². The van der Waals surface area contributed by atoms with Crippen LogP contribution in [0.5, 0.6) is 0 Å². The second kappa shape index (κ2) is 11.2. The smallest absolute Gasteiger partial charge is 0.325 e. The van der Waals surface area contributed by atoms with E-state index in [9.17, 15) is 19.2 Å². The summed E-state index contributed by atoms with van der Waals surface area (Å²) in [6.45, 7) is 1.30. The van der Waals surface area contributed by atoms with Crippen LogP contribution < -0.4 is 16.0 Å². The number of benzene rings is 2. The van der Waals surface area contributed by atoms with Crippen molar-refractivity contribution in [3.05, 3.63) is 63.6 Å². The van der Waals surface area contributed by atoms with Gasteiger partial charge in [-0.15, -0.1) is 0 Å². The van der Waals surface area contributed by atoms with Gasteiger partial charge in [-0.3, -0.25) is 19.2 Å². The fraction of sp³-hybridized carbons (Fsp3) is 0.200. The molecule has 0 radical (unpaired) electrons. The van der Waals surface area contributed by atoms with Crippen molar-refractivity contribution in [2.75, 3.05) is 25.0 Å². The summed E-state index contributed by atoms with van der Waals surface area (Å²) in [6.07, 6.45) is 0. The summed E-state index contributed by atoms with van der Waals surface area (Å²) in [7, 11) is 0. The number of carbonyl (C=O) groups excluding carboxylic acids is 4. The predicted molar refractivity (Wildman–Crippen MR) is 113 cm³/mol. The molecule has 0 saturated carbocycles. The van der Waals surface area contributed by atoms with Gasteiger partial charge in [0.2, 0.25) is 0 Å². The van der Waals surface area contributed by atoms with E-state index in [1.807, 2.05) is 0 Å². The van der Waals surface area contributed by atoms with Gasteiger partial charge in [-0.2, -0.15) is 0 Å². The summed E-state index contributed by atoms with van der Waals surface area (Å²) in [5.74, 6) is -2.20. The van der Waals surface area contributed by atoms with Crippen LogP contribution in [0.15, 0.2) is 42.5 Å². The van der Waals surface area contributed by atoms with Gasteiger partial charge in [-0.25, -0.2) is 0 Å². The number of hydrogen-bond donors (Lipinski definition) is 3. The van der Waals surface area contributed by atoms with Gasteiger partial charge in [0, 0.05) is 23.4 Å². The summed E-state index contributed by atoms with van der Waals surface area (Å²) in [4.78, 5) is 47.5. The van der Waals surface area contributed by atoms with Crippen molar-refractivity contribution in [2.24, 2.45) is 0 Å². The lowest BCUT2D eigenvalue weighted by Crippen LogP contribution is -2.32. The fourth-order valence-electron chi connectivity index (χ4n) is 2.29. The first-order valence-corrected chi connectivity index (χ1v) is 9.62. The summed E-state index contributed by atoms with van der Waals surface area (Å²) >= 11 is 11.6. The second-order valence-electron chi connectivity index (χ2n) is 5.96. The zero-order valence-corrected chi connectivity index (χ0v) is 17.5. The van der Waals surface area contributed by atoms with Gasteiger partial charge in [-0.1, -0.05) is 29.3 Å². The number of ether oxygens (including phenoxy) is 1. The number of anilines is 1. The fourth-order valence-corrected chi connectivity index (χ4v) is 2.58. The van der Waals surface area contributed by atoms with Crippen molar-refractivity contribution >= 4 is 52.6 Å². The van der Waals surface area contributed by atoms with E-state index in [4.69, 9.17) is 27.9 Å². The second-order valence-corrected chi connectivity index (χ2v) is 6.78. The van der Waals surface area contributed by atoms with Crippen molar-refractivity contribution in [1.82, 2.24) is 10.6 Å². The van der Waals surface area contributed by atoms with Crippen LogP contribution in [-0.2, 0) is 14.3 Å². The van der Waals surface area contributed by atoms with Gasteiger partial charge in [0.25, 0.3) is 17.7 Å². The number of carbonyl (C=O) groups is 4. The zero-order chi connectivity index (χ0) is 22.1. The molecule has 3 amide bonds. The summed E-state index contributed by atoms with van der Waals surface area (Å²) in [5.41, 5.74) is 0.992. The SMILES string of the molecule is CCNC(=O)c1cccc(NC(=O)COC(=O)CNC(=O)c2ccc(Cl)c(Cl)c2)c1. The van der Waals surface area contributed by atoms with Crippen molar-refractivity contribution in [3.63, 3.8) is 0 Å². The minimum absolute atomic E-state index is 0.208. The monoisotopic (exact) mass is 451 g/mol. The molecule has 10 heteroatoms. The first-order chi connectivity index (χ1) is 14.3. The van der Waals surface area contributed by atoms with E-state index in [1.54, 1.807) is 25.1 Å². The lowest BCUT2D eigenvalue weighted by atomic mass is 10.2. The molecule has 2 aromatic carbocycles. The molecular formula is C20H19Cl2N3O5. The molecule has 2 rings (SSSR count). The molecule has 158 valence electrons. The van der Waals surface area contributed by atoms with E-state index in [0.29, 0.717) is 22.8 Å². The van der Waals surface area contributed by atoms with Crippen molar-refractivity contribution in [1.29, 1.82) is 0 Å². The van der Waals surface area contributed by atoms with Crippen molar-refractivity contribution < 1.29 is 23.9 Å². The normalized spacial score (nSPS) is 10.1.